The molecule has 1 aliphatic carbocycles. The molecule has 4 heteroatoms. The summed E-state index contributed by atoms with van der Waals surface area (Å²) < 4.78 is 0. The van der Waals surface area contributed by atoms with Gasteiger partial charge in [-0.05, 0) is 56.0 Å². The highest BCUT2D eigenvalue weighted by Gasteiger charge is 2.28. The van der Waals surface area contributed by atoms with Crippen LogP contribution in [0.4, 0.5) is 5.69 Å². The lowest BCUT2D eigenvalue weighted by atomic mass is 10.1. The minimum Gasteiger partial charge on any atom is -0.369 e. The zero-order chi connectivity index (χ0) is 13.9. The zero-order valence-corrected chi connectivity index (χ0v) is 12.7. The third-order valence-electron chi connectivity index (χ3n) is 4.57. The molecule has 1 aromatic carbocycles. The van der Waals surface area contributed by atoms with Gasteiger partial charge >= 0.3 is 0 Å². The Bertz CT molecular complexity index is 422. The molecule has 2 N–H and O–H groups in total. The molecule has 1 atom stereocenters. The van der Waals surface area contributed by atoms with Crippen LogP contribution in [0.5, 0.6) is 0 Å². The first-order chi connectivity index (χ1) is 9.72. The number of piperazine rings is 1. The third-order valence-corrected chi connectivity index (χ3v) is 4.82. The summed E-state index contributed by atoms with van der Waals surface area (Å²) in [6, 6.07) is 8.60. The van der Waals surface area contributed by atoms with Crippen LogP contribution in [0.2, 0.25) is 5.02 Å². The van der Waals surface area contributed by atoms with Gasteiger partial charge in [0.2, 0.25) is 0 Å². The molecule has 110 valence electrons. The highest BCUT2D eigenvalue weighted by molar-refractivity contribution is 6.30. The predicted molar refractivity (Wildman–Crippen MR) is 85.4 cm³/mol. The summed E-state index contributed by atoms with van der Waals surface area (Å²) in [6.45, 7) is 5.63. The van der Waals surface area contributed by atoms with Crippen molar-refractivity contribution in [3.63, 3.8) is 0 Å². The van der Waals surface area contributed by atoms with Gasteiger partial charge in [-0.25, -0.2) is 0 Å². The average Bonchev–Trinajstić information content (AvgIpc) is 3.31. The maximum Gasteiger partial charge on any atom is 0.0407 e. The number of nitrogens with zero attached hydrogens (tertiary/aromatic N) is 2. The molecule has 0 spiro atoms. The van der Waals surface area contributed by atoms with Crippen molar-refractivity contribution in [3.8, 4) is 0 Å². The molecule has 0 radical (unpaired) electrons. The molecule has 0 aromatic heterocycles. The van der Waals surface area contributed by atoms with Gasteiger partial charge in [-0.3, -0.25) is 4.90 Å². The van der Waals surface area contributed by atoms with Crippen molar-refractivity contribution in [2.45, 2.75) is 25.3 Å². The van der Waals surface area contributed by atoms with Gasteiger partial charge in [0, 0.05) is 42.9 Å². The second-order valence-corrected chi connectivity index (χ2v) is 6.53. The Hall–Kier alpha value is -0.770. The van der Waals surface area contributed by atoms with Gasteiger partial charge in [-0.15, -0.1) is 0 Å². The van der Waals surface area contributed by atoms with Crippen LogP contribution in [-0.2, 0) is 0 Å². The standard InChI is InChI=1S/C16H24ClN3/c17-14-3-5-15(6-4-14)20-11-9-19(10-12-20)8-7-16(18)13-1-2-13/h3-6,13,16H,1-2,7-12,18H2. The van der Waals surface area contributed by atoms with Crippen LogP contribution in [0.25, 0.3) is 0 Å². The molecule has 0 amide bonds. The number of nitrogens with two attached hydrogens (primary N) is 1. The molecule has 20 heavy (non-hydrogen) atoms. The third kappa shape index (κ3) is 3.66. The minimum atomic E-state index is 0.435. The van der Waals surface area contributed by atoms with E-state index >= 15 is 0 Å². The molecular weight excluding hydrogens is 270 g/mol. The maximum absolute atomic E-state index is 6.18. The van der Waals surface area contributed by atoms with Gasteiger partial charge in [-0.1, -0.05) is 11.6 Å². The predicted octanol–water partition coefficient (Wildman–Crippen LogP) is 2.59. The van der Waals surface area contributed by atoms with Gasteiger partial charge in [0.05, 0.1) is 0 Å². The molecule has 0 bridgehead atoms. The first kappa shape index (κ1) is 14.2. The van der Waals surface area contributed by atoms with Crippen LogP contribution in [-0.4, -0.2) is 43.7 Å². The minimum absolute atomic E-state index is 0.435. The van der Waals surface area contributed by atoms with Crippen molar-refractivity contribution >= 4 is 17.3 Å². The van der Waals surface area contributed by atoms with Gasteiger partial charge in [0.15, 0.2) is 0 Å². The Kier molecular flexibility index (Phi) is 4.49. The number of hydrogen-bond acceptors (Lipinski definition) is 3. The van der Waals surface area contributed by atoms with Crippen molar-refractivity contribution in [1.82, 2.24) is 4.90 Å². The smallest absolute Gasteiger partial charge is 0.0407 e. The molecule has 3 nitrogen and oxygen atoms in total. The van der Waals surface area contributed by atoms with Crippen LogP contribution < -0.4 is 10.6 Å². The van der Waals surface area contributed by atoms with Crippen molar-refractivity contribution < 1.29 is 0 Å². The topological polar surface area (TPSA) is 32.5 Å². The summed E-state index contributed by atoms with van der Waals surface area (Å²) in [5.41, 5.74) is 7.46. The summed E-state index contributed by atoms with van der Waals surface area (Å²) in [4.78, 5) is 4.99. The van der Waals surface area contributed by atoms with Crippen LogP contribution in [0.15, 0.2) is 24.3 Å². The monoisotopic (exact) mass is 293 g/mol. The number of benzene rings is 1. The van der Waals surface area contributed by atoms with Crippen LogP contribution in [0, 0.1) is 5.92 Å². The largest absolute Gasteiger partial charge is 0.369 e. The summed E-state index contributed by atoms with van der Waals surface area (Å²) in [5.74, 6) is 0.824. The fraction of sp³-hybridized carbons (Fsp3) is 0.625. The Morgan fingerprint density at radius 2 is 1.75 bits per heavy atom. The van der Waals surface area contributed by atoms with Crippen molar-refractivity contribution in [2.75, 3.05) is 37.6 Å². The van der Waals surface area contributed by atoms with Crippen molar-refractivity contribution in [1.29, 1.82) is 0 Å². The zero-order valence-electron chi connectivity index (χ0n) is 12.0. The van der Waals surface area contributed by atoms with Gasteiger partial charge in [0.25, 0.3) is 0 Å². The average molecular weight is 294 g/mol. The summed E-state index contributed by atoms with van der Waals surface area (Å²) >= 11 is 5.94. The normalized spacial score (nSPS) is 22.0. The highest BCUT2D eigenvalue weighted by Crippen LogP contribution is 2.32. The fourth-order valence-corrected chi connectivity index (χ4v) is 3.10. The second kappa shape index (κ2) is 6.33. The van der Waals surface area contributed by atoms with Crippen molar-refractivity contribution in [3.05, 3.63) is 29.3 Å². The van der Waals surface area contributed by atoms with E-state index in [1.54, 1.807) is 0 Å². The molecule has 3 rings (SSSR count). The molecule has 1 aliphatic heterocycles. The Balaban J connectivity index is 1.43. The summed E-state index contributed by atoms with van der Waals surface area (Å²) in [7, 11) is 0. The van der Waals surface area contributed by atoms with Gasteiger partial charge in [-0.2, -0.15) is 0 Å². The summed E-state index contributed by atoms with van der Waals surface area (Å²) in [5, 5.41) is 0.807. The number of anilines is 1. The van der Waals surface area contributed by atoms with Gasteiger partial charge < -0.3 is 10.6 Å². The van der Waals surface area contributed by atoms with E-state index in [2.05, 4.69) is 21.9 Å². The first-order valence-electron chi connectivity index (χ1n) is 7.71. The van der Waals surface area contributed by atoms with Crippen LogP contribution in [0.3, 0.4) is 0 Å². The number of halogens is 1. The SMILES string of the molecule is NC(CCN1CCN(c2ccc(Cl)cc2)CC1)C1CC1. The number of rotatable bonds is 5. The molecule has 2 fully saturated rings. The quantitative estimate of drug-likeness (QED) is 0.906. The van der Waals surface area contributed by atoms with Gasteiger partial charge in [0.1, 0.15) is 0 Å². The van der Waals surface area contributed by atoms with Crippen molar-refractivity contribution in [2.24, 2.45) is 11.7 Å². The van der Waals surface area contributed by atoms with E-state index in [0.29, 0.717) is 6.04 Å². The van der Waals surface area contributed by atoms with E-state index in [9.17, 15) is 0 Å². The Labute approximate surface area is 126 Å². The summed E-state index contributed by atoms with van der Waals surface area (Å²) in [6.07, 6.45) is 3.86. The van der Waals surface area contributed by atoms with E-state index < -0.39 is 0 Å². The lowest BCUT2D eigenvalue weighted by molar-refractivity contribution is 0.245. The van der Waals surface area contributed by atoms with E-state index in [-0.39, 0.29) is 0 Å². The molecule has 1 aromatic rings. The van der Waals surface area contributed by atoms with E-state index in [4.69, 9.17) is 17.3 Å². The molecule has 1 saturated heterocycles. The molecule has 2 aliphatic rings. The lowest BCUT2D eigenvalue weighted by Gasteiger charge is -2.36. The first-order valence-corrected chi connectivity index (χ1v) is 8.08. The highest BCUT2D eigenvalue weighted by atomic mass is 35.5. The molecular formula is C16H24ClN3. The maximum atomic E-state index is 6.18. The molecule has 1 heterocycles. The van der Waals surface area contributed by atoms with Crippen LogP contribution in [0.1, 0.15) is 19.3 Å². The van der Waals surface area contributed by atoms with E-state index in [1.165, 1.54) is 18.5 Å². The number of hydrogen-bond donors (Lipinski definition) is 1. The molecule has 1 saturated carbocycles. The van der Waals surface area contributed by atoms with E-state index in [1.807, 2.05) is 12.1 Å². The second-order valence-electron chi connectivity index (χ2n) is 6.10. The van der Waals surface area contributed by atoms with Crippen LogP contribution >= 0.6 is 11.6 Å². The van der Waals surface area contributed by atoms with E-state index in [0.717, 1.165) is 50.1 Å². The lowest BCUT2D eigenvalue weighted by Crippen LogP contribution is -2.47. The molecule has 1 unspecified atom stereocenters. The Morgan fingerprint density at radius 3 is 2.35 bits per heavy atom. The Morgan fingerprint density at radius 1 is 1.10 bits per heavy atom. The fourth-order valence-electron chi connectivity index (χ4n) is 2.97.